The van der Waals surface area contributed by atoms with Crippen molar-refractivity contribution < 1.29 is 5.11 Å². The normalized spacial score (nSPS) is 12.1. The van der Waals surface area contributed by atoms with Crippen molar-refractivity contribution in [2.24, 2.45) is 0 Å². The van der Waals surface area contributed by atoms with Gasteiger partial charge in [-0.15, -0.1) is 0 Å². The number of nitrogen functional groups attached to an aromatic ring is 1. The van der Waals surface area contributed by atoms with Crippen LogP contribution < -0.4 is 11.1 Å². The molecule has 0 fully saturated rings. The summed E-state index contributed by atoms with van der Waals surface area (Å²) in [7, 11) is 0. The van der Waals surface area contributed by atoms with E-state index in [4.69, 9.17) is 5.73 Å². The molecule has 1 aromatic heterocycles. The SMILES string of the molecule is Cc1cc(NCC(O)c2ccccc2)ncc1N. The van der Waals surface area contributed by atoms with Crippen LogP contribution in [-0.4, -0.2) is 16.6 Å². The van der Waals surface area contributed by atoms with Crippen molar-refractivity contribution in [3.8, 4) is 0 Å². The fraction of sp³-hybridized carbons (Fsp3) is 0.214. The van der Waals surface area contributed by atoms with Gasteiger partial charge in [0.2, 0.25) is 0 Å². The molecule has 0 spiro atoms. The first-order valence-electron chi connectivity index (χ1n) is 5.86. The lowest BCUT2D eigenvalue weighted by molar-refractivity contribution is 0.191. The summed E-state index contributed by atoms with van der Waals surface area (Å²) >= 11 is 0. The van der Waals surface area contributed by atoms with E-state index in [-0.39, 0.29) is 0 Å². The first-order valence-corrected chi connectivity index (χ1v) is 5.86. The van der Waals surface area contributed by atoms with Gasteiger partial charge in [0.15, 0.2) is 0 Å². The maximum Gasteiger partial charge on any atom is 0.126 e. The topological polar surface area (TPSA) is 71.2 Å². The summed E-state index contributed by atoms with van der Waals surface area (Å²) in [6.07, 6.45) is 1.07. The fourth-order valence-corrected chi connectivity index (χ4v) is 1.66. The number of pyridine rings is 1. The summed E-state index contributed by atoms with van der Waals surface area (Å²) in [5, 5.41) is 13.1. The quantitative estimate of drug-likeness (QED) is 0.769. The van der Waals surface area contributed by atoms with Crippen LogP contribution in [0.5, 0.6) is 0 Å². The van der Waals surface area contributed by atoms with Crippen molar-refractivity contribution in [3.63, 3.8) is 0 Å². The Bertz CT molecular complexity index is 514. The van der Waals surface area contributed by atoms with Gasteiger partial charge in [0, 0.05) is 6.54 Å². The van der Waals surface area contributed by atoms with E-state index in [0.29, 0.717) is 12.2 Å². The number of nitrogens with zero attached hydrogens (tertiary/aromatic N) is 1. The Morgan fingerprint density at radius 2 is 2.06 bits per heavy atom. The number of aromatic nitrogens is 1. The molecule has 18 heavy (non-hydrogen) atoms. The molecule has 0 aliphatic carbocycles. The molecule has 0 aliphatic heterocycles. The summed E-state index contributed by atoms with van der Waals surface area (Å²) in [6, 6.07) is 11.4. The van der Waals surface area contributed by atoms with Gasteiger partial charge in [-0.1, -0.05) is 30.3 Å². The number of hydrogen-bond acceptors (Lipinski definition) is 4. The van der Waals surface area contributed by atoms with Gasteiger partial charge in [-0.3, -0.25) is 0 Å². The highest BCUT2D eigenvalue weighted by Crippen LogP contribution is 2.16. The Balaban J connectivity index is 1.97. The van der Waals surface area contributed by atoms with Crippen LogP contribution in [-0.2, 0) is 0 Å². The van der Waals surface area contributed by atoms with Crippen molar-refractivity contribution in [1.29, 1.82) is 0 Å². The molecule has 1 unspecified atom stereocenters. The zero-order valence-corrected chi connectivity index (χ0v) is 10.3. The van der Waals surface area contributed by atoms with Crippen LogP contribution in [0.2, 0.25) is 0 Å². The maximum absolute atomic E-state index is 9.99. The Labute approximate surface area is 106 Å². The smallest absolute Gasteiger partial charge is 0.126 e. The van der Waals surface area contributed by atoms with E-state index in [1.807, 2.05) is 43.3 Å². The average molecular weight is 243 g/mol. The van der Waals surface area contributed by atoms with Gasteiger partial charge >= 0.3 is 0 Å². The molecule has 94 valence electrons. The van der Waals surface area contributed by atoms with Crippen molar-refractivity contribution in [2.45, 2.75) is 13.0 Å². The summed E-state index contributed by atoms with van der Waals surface area (Å²) in [4.78, 5) is 4.16. The highest BCUT2D eigenvalue weighted by molar-refractivity contribution is 5.50. The van der Waals surface area contributed by atoms with Gasteiger partial charge in [-0.25, -0.2) is 4.98 Å². The van der Waals surface area contributed by atoms with Crippen LogP contribution in [0.1, 0.15) is 17.2 Å². The number of aryl methyl sites for hydroxylation is 1. The third kappa shape index (κ3) is 2.99. The lowest BCUT2D eigenvalue weighted by Crippen LogP contribution is -2.13. The van der Waals surface area contributed by atoms with Crippen LogP contribution >= 0.6 is 0 Å². The van der Waals surface area contributed by atoms with Gasteiger partial charge in [0.1, 0.15) is 5.82 Å². The number of hydrogen-bond donors (Lipinski definition) is 3. The minimum Gasteiger partial charge on any atom is -0.397 e. The number of nitrogens with two attached hydrogens (primary N) is 1. The van der Waals surface area contributed by atoms with Crippen LogP contribution in [0.25, 0.3) is 0 Å². The number of nitrogens with one attached hydrogen (secondary N) is 1. The molecular formula is C14H17N3O. The zero-order chi connectivity index (χ0) is 13.0. The number of aliphatic hydroxyl groups is 1. The first-order chi connectivity index (χ1) is 8.66. The number of aliphatic hydroxyl groups excluding tert-OH is 1. The Morgan fingerprint density at radius 1 is 1.33 bits per heavy atom. The second-order valence-corrected chi connectivity index (χ2v) is 4.23. The third-order valence-electron chi connectivity index (χ3n) is 2.81. The second-order valence-electron chi connectivity index (χ2n) is 4.23. The summed E-state index contributed by atoms with van der Waals surface area (Å²) in [5.74, 6) is 0.719. The Morgan fingerprint density at radius 3 is 2.72 bits per heavy atom. The molecule has 0 saturated heterocycles. The standard InChI is InChI=1S/C14H17N3O/c1-10-7-14(16-8-12(10)15)17-9-13(18)11-5-3-2-4-6-11/h2-8,13,18H,9,15H2,1H3,(H,16,17). The van der Waals surface area contributed by atoms with Crippen molar-refractivity contribution in [1.82, 2.24) is 4.98 Å². The molecule has 1 heterocycles. The molecule has 2 aromatic rings. The van der Waals surface area contributed by atoms with Gasteiger partial charge in [-0.2, -0.15) is 0 Å². The highest BCUT2D eigenvalue weighted by Gasteiger charge is 2.07. The molecule has 4 N–H and O–H groups in total. The van der Waals surface area contributed by atoms with E-state index in [0.717, 1.165) is 16.9 Å². The van der Waals surface area contributed by atoms with Crippen molar-refractivity contribution in [2.75, 3.05) is 17.6 Å². The van der Waals surface area contributed by atoms with Crippen LogP contribution in [0.15, 0.2) is 42.6 Å². The fourth-order valence-electron chi connectivity index (χ4n) is 1.66. The summed E-state index contributed by atoms with van der Waals surface area (Å²) in [5.41, 5.74) is 8.23. The van der Waals surface area contributed by atoms with Gasteiger partial charge in [0.05, 0.1) is 18.0 Å². The molecular weight excluding hydrogens is 226 g/mol. The van der Waals surface area contributed by atoms with Crippen LogP contribution in [0, 0.1) is 6.92 Å². The summed E-state index contributed by atoms with van der Waals surface area (Å²) in [6.45, 7) is 2.34. The molecule has 1 aromatic carbocycles. The van der Waals surface area contributed by atoms with Crippen LogP contribution in [0.3, 0.4) is 0 Å². The predicted octanol–water partition coefficient (Wildman–Crippen LogP) is 2.12. The average Bonchev–Trinajstić information content (AvgIpc) is 2.41. The monoisotopic (exact) mass is 243 g/mol. The third-order valence-corrected chi connectivity index (χ3v) is 2.81. The van der Waals surface area contributed by atoms with Crippen molar-refractivity contribution >= 4 is 11.5 Å². The molecule has 0 bridgehead atoms. The minimum absolute atomic E-state index is 0.417. The zero-order valence-electron chi connectivity index (χ0n) is 10.3. The highest BCUT2D eigenvalue weighted by atomic mass is 16.3. The van der Waals surface area contributed by atoms with Crippen LogP contribution in [0.4, 0.5) is 11.5 Å². The Hall–Kier alpha value is -2.07. The largest absolute Gasteiger partial charge is 0.397 e. The summed E-state index contributed by atoms with van der Waals surface area (Å²) < 4.78 is 0. The maximum atomic E-state index is 9.99. The number of benzene rings is 1. The van der Waals surface area contributed by atoms with E-state index in [9.17, 15) is 5.11 Å². The van der Waals surface area contributed by atoms with Gasteiger partial charge < -0.3 is 16.2 Å². The molecule has 4 heteroatoms. The lowest BCUT2D eigenvalue weighted by Gasteiger charge is -2.13. The molecule has 1 atom stereocenters. The second kappa shape index (κ2) is 5.51. The van der Waals surface area contributed by atoms with Gasteiger partial charge in [-0.05, 0) is 24.1 Å². The minimum atomic E-state index is -0.550. The van der Waals surface area contributed by atoms with E-state index in [1.165, 1.54) is 0 Å². The van der Waals surface area contributed by atoms with E-state index in [1.54, 1.807) is 6.20 Å². The molecule has 0 radical (unpaired) electrons. The van der Waals surface area contributed by atoms with E-state index < -0.39 is 6.10 Å². The molecule has 4 nitrogen and oxygen atoms in total. The number of anilines is 2. The number of rotatable bonds is 4. The molecule has 2 rings (SSSR count). The van der Waals surface area contributed by atoms with Gasteiger partial charge in [0.25, 0.3) is 0 Å². The molecule has 0 amide bonds. The van der Waals surface area contributed by atoms with E-state index in [2.05, 4.69) is 10.3 Å². The first kappa shape index (κ1) is 12.4. The Kier molecular flexibility index (Phi) is 3.79. The van der Waals surface area contributed by atoms with Crippen molar-refractivity contribution in [3.05, 3.63) is 53.7 Å². The molecule has 0 aliphatic rings. The lowest BCUT2D eigenvalue weighted by atomic mass is 10.1. The van der Waals surface area contributed by atoms with E-state index >= 15 is 0 Å². The molecule has 0 saturated carbocycles. The predicted molar refractivity (Wildman–Crippen MR) is 73.3 cm³/mol.